The Labute approximate surface area is 125 Å². The Bertz CT molecular complexity index is 346. The fourth-order valence-corrected chi connectivity index (χ4v) is 2.44. The molecule has 20 heavy (non-hydrogen) atoms. The van der Waals surface area contributed by atoms with Crippen LogP contribution in [0.25, 0.3) is 0 Å². The number of carbonyl (C=O) groups excluding carboxylic acids is 2. The van der Waals surface area contributed by atoms with Crippen LogP contribution in [0, 0.1) is 0 Å². The first-order chi connectivity index (χ1) is 9.15. The number of nitrogens with two attached hydrogens (primary N) is 1. The van der Waals surface area contributed by atoms with E-state index in [9.17, 15) is 9.59 Å². The molecule has 0 spiro atoms. The van der Waals surface area contributed by atoms with Gasteiger partial charge in [0.05, 0.1) is 12.5 Å². The fraction of sp³-hybridized carbons (Fsp3) is 0.846. The summed E-state index contributed by atoms with van der Waals surface area (Å²) >= 11 is 0. The summed E-state index contributed by atoms with van der Waals surface area (Å²) in [5.74, 6) is -0.0409. The lowest BCUT2D eigenvalue weighted by atomic mass is 10.1. The third kappa shape index (κ3) is 4.33. The van der Waals surface area contributed by atoms with E-state index in [1.54, 1.807) is 12.0 Å². The van der Waals surface area contributed by atoms with Gasteiger partial charge in [0.1, 0.15) is 6.04 Å². The number of ether oxygens (including phenoxy) is 1. The van der Waals surface area contributed by atoms with Crippen molar-refractivity contribution >= 4 is 24.2 Å². The summed E-state index contributed by atoms with van der Waals surface area (Å²) < 4.78 is 5.13. The molecule has 2 amide bonds. The number of likely N-dealkylation sites (tertiary alicyclic amines) is 1. The number of methoxy groups -OCH3 is 1. The predicted octanol–water partition coefficient (Wildman–Crippen LogP) is 0.0416. The van der Waals surface area contributed by atoms with Gasteiger partial charge in [0, 0.05) is 26.2 Å². The molecule has 1 saturated carbocycles. The molecule has 2 fully saturated rings. The quantitative estimate of drug-likeness (QED) is 0.726. The van der Waals surface area contributed by atoms with E-state index in [1.165, 1.54) is 0 Å². The molecule has 1 saturated heterocycles. The second-order valence-electron chi connectivity index (χ2n) is 5.33. The second-order valence-corrected chi connectivity index (χ2v) is 5.33. The summed E-state index contributed by atoms with van der Waals surface area (Å²) in [4.78, 5) is 26.0. The molecule has 7 heteroatoms. The maximum absolute atomic E-state index is 12.2. The van der Waals surface area contributed by atoms with Crippen molar-refractivity contribution in [3.05, 3.63) is 0 Å². The molecule has 1 aliphatic carbocycles. The van der Waals surface area contributed by atoms with Gasteiger partial charge in [0.25, 0.3) is 0 Å². The summed E-state index contributed by atoms with van der Waals surface area (Å²) in [5, 5.41) is 2.97. The van der Waals surface area contributed by atoms with Crippen LogP contribution in [0.5, 0.6) is 0 Å². The van der Waals surface area contributed by atoms with E-state index in [1.807, 2.05) is 0 Å². The van der Waals surface area contributed by atoms with E-state index in [0.717, 1.165) is 25.7 Å². The Morgan fingerprint density at radius 2 is 2.10 bits per heavy atom. The number of rotatable bonds is 6. The lowest BCUT2D eigenvalue weighted by molar-refractivity contribution is -0.140. The summed E-state index contributed by atoms with van der Waals surface area (Å²) in [7, 11) is 1.55. The fourth-order valence-electron chi connectivity index (χ4n) is 2.44. The van der Waals surface area contributed by atoms with Crippen LogP contribution in [0.15, 0.2) is 0 Å². The topological polar surface area (TPSA) is 84.7 Å². The molecule has 2 aliphatic rings. The molecule has 6 nitrogen and oxygen atoms in total. The number of halogens is 1. The zero-order valence-electron chi connectivity index (χ0n) is 11.8. The van der Waals surface area contributed by atoms with Crippen molar-refractivity contribution < 1.29 is 14.3 Å². The van der Waals surface area contributed by atoms with E-state index in [2.05, 4.69) is 5.32 Å². The van der Waals surface area contributed by atoms with Crippen molar-refractivity contribution in [2.45, 2.75) is 50.3 Å². The van der Waals surface area contributed by atoms with Gasteiger partial charge in [-0.1, -0.05) is 0 Å². The molecular formula is C13H24ClN3O3. The molecule has 116 valence electrons. The normalized spacial score (nSPS) is 23.1. The summed E-state index contributed by atoms with van der Waals surface area (Å²) in [5.41, 5.74) is 5.52. The van der Waals surface area contributed by atoms with E-state index in [4.69, 9.17) is 10.5 Å². The Balaban J connectivity index is 0.00000200. The average Bonchev–Trinajstić information content (AvgIpc) is 3.08. The molecule has 2 atom stereocenters. The van der Waals surface area contributed by atoms with Crippen molar-refractivity contribution in [2.75, 3.05) is 20.2 Å². The highest BCUT2D eigenvalue weighted by atomic mass is 35.5. The molecule has 0 aromatic carbocycles. The standard InChI is InChI=1S/C13H23N3O3.ClH/c1-19-10(8-14)7-12(17)16-6-2-3-11(16)13(18)15-9-4-5-9;/h9-11H,2-8,14H2,1H3,(H,15,18);1H. The minimum absolute atomic E-state index is 0. The smallest absolute Gasteiger partial charge is 0.243 e. The third-order valence-corrected chi connectivity index (χ3v) is 3.80. The molecule has 0 aromatic rings. The largest absolute Gasteiger partial charge is 0.380 e. The molecule has 0 radical (unpaired) electrons. The monoisotopic (exact) mass is 305 g/mol. The van der Waals surface area contributed by atoms with Gasteiger partial charge in [0.2, 0.25) is 11.8 Å². The van der Waals surface area contributed by atoms with Gasteiger partial charge in [-0.2, -0.15) is 0 Å². The van der Waals surface area contributed by atoms with Gasteiger partial charge >= 0.3 is 0 Å². The first-order valence-corrected chi connectivity index (χ1v) is 6.98. The van der Waals surface area contributed by atoms with Gasteiger partial charge in [-0.25, -0.2) is 0 Å². The summed E-state index contributed by atoms with van der Waals surface area (Å²) in [6.45, 7) is 0.970. The van der Waals surface area contributed by atoms with Crippen LogP contribution in [0.4, 0.5) is 0 Å². The maximum atomic E-state index is 12.2. The average molecular weight is 306 g/mol. The first-order valence-electron chi connectivity index (χ1n) is 6.98. The zero-order chi connectivity index (χ0) is 13.8. The van der Waals surface area contributed by atoms with Gasteiger partial charge in [-0.05, 0) is 25.7 Å². The lowest BCUT2D eigenvalue weighted by Crippen LogP contribution is -2.47. The van der Waals surface area contributed by atoms with Gasteiger partial charge in [-0.15, -0.1) is 12.4 Å². The highest BCUT2D eigenvalue weighted by Crippen LogP contribution is 2.23. The van der Waals surface area contributed by atoms with E-state index < -0.39 is 0 Å². The van der Waals surface area contributed by atoms with Crippen LogP contribution in [0.1, 0.15) is 32.1 Å². The van der Waals surface area contributed by atoms with Crippen molar-refractivity contribution in [1.82, 2.24) is 10.2 Å². The van der Waals surface area contributed by atoms with Crippen molar-refractivity contribution in [3.8, 4) is 0 Å². The lowest BCUT2D eigenvalue weighted by Gasteiger charge is -2.25. The Kier molecular flexibility index (Phi) is 6.71. The second kappa shape index (κ2) is 7.81. The molecular weight excluding hydrogens is 282 g/mol. The number of nitrogens with zero attached hydrogens (tertiary/aromatic N) is 1. The molecule has 1 aliphatic heterocycles. The molecule has 2 rings (SSSR count). The third-order valence-electron chi connectivity index (χ3n) is 3.80. The van der Waals surface area contributed by atoms with Gasteiger partial charge in [-0.3, -0.25) is 9.59 Å². The van der Waals surface area contributed by atoms with Crippen LogP contribution >= 0.6 is 12.4 Å². The Hall–Kier alpha value is -0.850. The van der Waals surface area contributed by atoms with Crippen LogP contribution in [0.3, 0.4) is 0 Å². The van der Waals surface area contributed by atoms with Crippen LogP contribution < -0.4 is 11.1 Å². The number of nitrogens with one attached hydrogen (secondary N) is 1. The molecule has 0 bridgehead atoms. The minimum Gasteiger partial charge on any atom is -0.380 e. The van der Waals surface area contributed by atoms with Crippen LogP contribution in [-0.4, -0.2) is 55.1 Å². The molecule has 3 N–H and O–H groups in total. The van der Waals surface area contributed by atoms with E-state index >= 15 is 0 Å². The summed E-state index contributed by atoms with van der Waals surface area (Å²) in [6, 6.07) is 0.0317. The molecule has 1 heterocycles. The summed E-state index contributed by atoms with van der Waals surface area (Å²) in [6.07, 6.45) is 3.75. The Morgan fingerprint density at radius 1 is 1.40 bits per heavy atom. The number of carbonyl (C=O) groups is 2. The van der Waals surface area contributed by atoms with Gasteiger partial charge < -0.3 is 20.7 Å². The van der Waals surface area contributed by atoms with Crippen molar-refractivity contribution in [1.29, 1.82) is 0 Å². The Morgan fingerprint density at radius 3 is 2.65 bits per heavy atom. The minimum atomic E-state index is -0.302. The molecule has 2 unspecified atom stereocenters. The van der Waals surface area contributed by atoms with Crippen LogP contribution in [-0.2, 0) is 14.3 Å². The van der Waals surface area contributed by atoms with E-state index in [-0.39, 0.29) is 42.8 Å². The van der Waals surface area contributed by atoms with Crippen molar-refractivity contribution in [2.24, 2.45) is 5.73 Å². The number of amides is 2. The predicted molar refractivity (Wildman–Crippen MR) is 77.6 cm³/mol. The highest BCUT2D eigenvalue weighted by Gasteiger charge is 2.36. The molecule has 0 aromatic heterocycles. The maximum Gasteiger partial charge on any atom is 0.243 e. The zero-order valence-corrected chi connectivity index (χ0v) is 12.7. The number of hydrogen-bond acceptors (Lipinski definition) is 4. The number of hydrogen-bond donors (Lipinski definition) is 2. The highest BCUT2D eigenvalue weighted by molar-refractivity contribution is 5.88. The SMILES string of the molecule is COC(CN)CC(=O)N1CCCC1C(=O)NC1CC1.Cl. The van der Waals surface area contributed by atoms with Crippen LogP contribution in [0.2, 0.25) is 0 Å². The first kappa shape index (κ1) is 17.2. The van der Waals surface area contributed by atoms with Gasteiger partial charge in [0.15, 0.2) is 0 Å². The van der Waals surface area contributed by atoms with E-state index in [0.29, 0.717) is 19.1 Å². The van der Waals surface area contributed by atoms with Crippen molar-refractivity contribution in [3.63, 3.8) is 0 Å².